The summed E-state index contributed by atoms with van der Waals surface area (Å²) in [5.74, 6) is 0. The average molecular weight is 345 g/mol. The van der Waals surface area contributed by atoms with E-state index in [2.05, 4.69) is 4.90 Å². The van der Waals surface area contributed by atoms with E-state index in [1.165, 1.54) is 0 Å². The predicted molar refractivity (Wildman–Crippen MR) is 96.1 cm³/mol. The third-order valence-electron chi connectivity index (χ3n) is 4.47. The van der Waals surface area contributed by atoms with Gasteiger partial charge >= 0.3 is 0 Å². The fraction of sp³-hybridized carbons (Fsp3) is 0.333. The molecule has 6 heteroatoms. The summed E-state index contributed by atoms with van der Waals surface area (Å²) in [6, 6.07) is 16.8. The van der Waals surface area contributed by atoms with Crippen molar-refractivity contribution in [1.82, 2.24) is 9.21 Å². The van der Waals surface area contributed by atoms with Crippen molar-refractivity contribution in [1.29, 1.82) is 0 Å². The highest BCUT2D eigenvalue weighted by atomic mass is 32.2. The van der Waals surface area contributed by atoms with Gasteiger partial charge in [-0.15, -0.1) is 0 Å². The third kappa shape index (κ3) is 3.37. The largest absolute Gasteiger partial charge is 0.329 e. The SMILES string of the molecule is CN1CCN(S(=O)(=O)c2ccc(-c3ccccc3)cc2)C(CN)C1. The third-order valence-corrected chi connectivity index (χ3v) is 6.44. The molecule has 1 fully saturated rings. The van der Waals surface area contributed by atoms with Crippen LogP contribution in [0.25, 0.3) is 11.1 Å². The maximum Gasteiger partial charge on any atom is 0.243 e. The van der Waals surface area contributed by atoms with Crippen molar-refractivity contribution in [3.63, 3.8) is 0 Å². The van der Waals surface area contributed by atoms with Crippen molar-refractivity contribution in [2.75, 3.05) is 33.2 Å². The van der Waals surface area contributed by atoms with Gasteiger partial charge in [0.1, 0.15) is 0 Å². The van der Waals surface area contributed by atoms with E-state index in [-0.39, 0.29) is 6.04 Å². The molecule has 1 aliphatic heterocycles. The molecule has 0 spiro atoms. The molecule has 0 amide bonds. The Bertz CT molecular complexity index is 776. The molecule has 1 unspecified atom stereocenters. The van der Waals surface area contributed by atoms with Crippen LogP contribution in [-0.4, -0.2) is 56.9 Å². The second-order valence-corrected chi connectivity index (χ2v) is 8.05. The van der Waals surface area contributed by atoms with Gasteiger partial charge in [-0.2, -0.15) is 4.31 Å². The van der Waals surface area contributed by atoms with Crippen LogP contribution in [0.15, 0.2) is 59.5 Å². The van der Waals surface area contributed by atoms with Gasteiger partial charge in [-0.3, -0.25) is 0 Å². The lowest BCUT2D eigenvalue weighted by Gasteiger charge is -2.38. The van der Waals surface area contributed by atoms with E-state index in [0.717, 1.165) is 17.7 Å². The van der Waals surface area contributed by atoms with Crippen molar-refractivity contribution < 1.29 is 8.42 Å². The molecule has 0 aromatic heterocycles. The van der Waals surface area contributed by atoms with Gasteiger partial charge in [-0.05, 0) is 30.3 Å². The number of likely N-dealkylation sites (N-methyl/N-ethyl adjacent to an activating group) is 1. The van der Waals surface area contributed by atoms with Crippen molar-refractivity contribution >= 4 is 10.0 Å². The Hall–Kier alpha value is -1.73. The number of piperazine rings is 1. The van der Waals surface area contributed by atoms with Crippen LogP contribution in [0.1, 0.15) is 0 Å². The maximum absolute atomic E-state index is 13.0. The van der Waals surface area contributed by atoms with Gasteiger partial charge < -0.3 is 10.6 Å². The highest BCUT2D eigenvalue weighted by Crippen LogP contribution is 2.24. The van der Waals surface area contributed by atoms with Crippen LogP contribution < -0.4 is 5.73 Å². The highest BCUT2D eigenvalue weighted by molar-refractivity contribution is 7.89. The van der Waals surface area contributed by atoms with Crippen LogP contribution in [-0.2, 0) is 10.0 Å². The lowest BCUT2D eigenvalue weighted by atomic mass is 10.1. The normalized spacial score (nSPS) is 20.2. The van der Waals surface area contributed by atoms with E-state index >= 15 is 0 Å². The Morgan fingerprint density at radius 3 is 2.25 bits per heavy atom. The molecule has 0 bridgehead atoms. The molecule has 1 atom stereocenters. The first-order valence-electron chi connectivity index (χ1n) is 8.08. The molecule has 1 heterocycles. The van der Waals surface area contributed by atoms with Crippen LogP contribution in [0, 0.1) is 0 Å². The summed E-state index contributed by atoms with van der Waals surface area (Å²) in [4.78, 5) is 2.44. The first-order chi connectivity index (χ1) is 11.5. The van der Waals surface area contributed by atoms with Crippen LogP contribution in [0.4, 0.5) is 0 Å². The second kappa shape index (κ2) is 7.03. The Balaban J connectivity index is 1.87. The van der Waals surface area contributed by atoms with Gasteiger partial charge in [0.2, 0.25) is 10.0 Å². The lowest BCUT2D eigenvalue weighted by molar-refractivity contribution is 0.164. The van der Waals surface area contributed by atoms with Crippen LogP contribution in [0.5, 0.6) is 0 Å². The zero-order valence-electron chi connectivity index (χ0n) is 13.8. The molecular formula is C18H23N3O2S. The molecule has 24 heavy (non-hydrogen) atoms. The first-order valence-corrected chi connectivity index (χ1v) is 9.52. The summed E-state index contributed by atoms with van der Waals surface area (Å²) in [5, 5.41) is 0. The number of hydrogen-bond acceptors (Lipinski definition) is 4. The van der Waals surface area contributed by atoms with Crippen molar-refractivity contribution in [3.8, 4) is 11.1 Å². The lowest BCUT2D eigenvalue weighted by Crippen LogP contribution is -2.56. The van der Waals surface area contributed by atoms with Gasteiger partial charge in [0.15, 0.2) is 0 Å². The minimum atomic E-state index is -3.52. The average Bonchev–Trinajstić information content (AvgIpc) is 2.62. The molecule has 2 aromatic rings. The molecule has 128 valence electrons. The van der Waals surface area contributed by atoms with E-state index in [0.29, 0.717) is 24.5 Å². The molecule has 1 saturated heterocycles. The maximum atomic E-state index is 13.0. The predicted octanol–water partition coefficient (Wildman–Crippen LogP) is 1.62. The number of sulfonamides is 1. The van der Waals surface area contributed by atoms with Crippen molar-refractivity contribution in [3.05, 3.63) is 54.6 Å². The minimum Gasteiger partial charge on any atom is -0.329 e. The summed E-state index contributed by atoms with van der Waals surface area (Å²) in [6.07, 6.45) is 0. The quantitative estimate of drug-likeness (QED) is 0.914. The molecule has 0 radical (unpaired) electrons. The second-order valence-electron chi connectivity index (χ2n) is 6.16. The van der Waals surface area contributed by atoms with E-state index in [9.17, 15) is 8.42 Å². The zero-order valence-corrected chi connectivity index (χ0v) is 14.6. The number of nitrogens with two attached hydrogens (primary N) is 1. The molecule has 2 aromatic carbocycles. The zero-order chi connectivity index (χ0) is 17.2. The minimum absolute atomic E-state index is 0.178. The number of hydrogen-bond donors (Lipinski definition) is 1. The first kappa shape index (κ1) is 17.1. The fourth-order valence-electron chi connectivity index (χ4n) is 3.09. The van der Waals surface area contributed by atoms with Gasteiger partial charge in [0.05, 0.1) is 10.9 Å². The fourth-order valence-corrected chi connectivity index (χ4v) is 4.71. The molecule has 1 aliphatic rings. The van der Waals surface area contributed by atoms with Crippen LogP contribution in [0.3, 0.4) is 0 Å². The van der Waals surface area contributed by atoms with Crippen LogP contribution in [0.2, 0.25) is 0 Å². The Morgan fingerprint density at radius 2 is 1.62 bits per heavy atom. The van der Waals surface area contributed by atoms with E-state index < -0.39 is 10.0 Å². The summed E-state index contributed by atoms with van der Waals surface area (Å²) < 4.78 is 27.5. The number of benzene rings is 2. The molecule has 3 rings (SSSR count). The van der Waals surface area contributed by atoms with E-state index in [4.69, 9.17) is 5.73 Å². The van der Waals surface area contributed by atoms with E-state index in [1.807, 2.05) is 49.5 Å². The number of nitrogens with zero attached hydrogens (tertiary/aromatic N) is 2. The van der Waals surface area contributed by atoms with E-state index in [1.54, 1.807) is 16.4 Å². The number of rotatable bonds is 4. The van der Waals surface area contributed by atoms with Crippen molar-refractivity contribution in [2.45, 2.75) is 10.9 Å². The molecule has 0 saturated carbocycles. The highest BCUT2D eigenvalue weighted by Gasteiger charge is 2.34. The molecular weight excluding hydrogens is 322 g/mol. The monoisotopic (exact) mass is 345 g/mol. The topological polar surface area (TPSA) is 66.6 Å². The molecule has 0 aliphatic carbocycles. The van der Waals surface area contributed by atoms with Crippen LogP contribution >= 0.6 is 0 Å². The smallest absolute Gasteiger partial charge is 0.243 e. The van der Waals surface area contributed by atoms with Gasteiger partial charge in [-0.25, -0.2) is 8.42 Å². The summed E-state index contributed by atoms with van der Waals surface area (Å²) in [7, 11) is -1.53. The standard InChI is InChI=1S/C18H23N3O2S/c1-20-11-12-21(17(13-19)14-20)24(22,23)18-9-7-16(8-10-18)15-5-3-2-4-6-15/h2-10,17H,11-14,19H2,1H3. The summed E-state index contributed by atoms with van der Waals surface area (Å²) in [5.41, 5.74) is 7.87. The van der Waals surface area contributed by atoms with Gasteiger partial charge in [0, 0.05) is 26.2 Å². The summed E-state index contributed by atoms with van der Waals surface area (Å²) in [6.45, 7) is 2.18. The van der Waals surface area contributed by atoms with Gasteiger partial charge in [-0.1, -0.05) is 42.5 Å². The Kier molecular flexibility index (Phi) is 5.01. The molecule has 5 nitrogen and oxygen atoms in total. The Labute approximate surface area is 143 Å². The van der Waals surface area contributed by atoms with Crippen molar-refractivity contribution in [2.24, 2.45) is 5.73 Å². The summed E-state index contributed by atoms with van der Waals surface area (Å²) >= 11 is 0. The Morgan fingerprint density at radius 1 is 1.00 bits per heavy atom. The van der Waals surface area contributed by atoms with Gasteiger partial charge in [0.25, 0.3) is 0 Å². The molecule has 2 N–H and O–H groups in total.